The van der Waals surface area contributed by atoms with Crippen molar-refractivity contribution in [3.05, 3.63) is 42.7 Å². The topological polar surface area (TPSA) is 365 Å². The molecule has 2 aliphatic heterocycles. The van der Waals surface area contributed by atoms with E-state index in [0.29, 0.717) is 0 Å². The molecule has 3 aromatic rings. The third kappa shape index (κ3) is 10.2. The Morgan fingerprint density at radius 2 is 1.56 bits per heavy atom. The summed E-state index contributed by atoms with van der Waals surface area (Å²) in [6, 6.07) is 2.79. The van der Waals surface area contributed by atoms with Gasteiger partial charge in [-0.1, -0.05) is 0 Å². The van der Waals surface area contributed by atoms with Crippen molar-refractivity contribution in [2.45, 2.75) is 49.1 Å². The van der Waals surface area contributed by atoms with Crippen molar-refractivity contribution in [2.24, 2.45) is 5.73 Å². The first-order chi connectivity index (χ1) is 22.4. The number of phosphoric ester groups is 3. The molecule has 3 aromatic heterocycles. The van der Waals surface area contributed by atoms with Crippen LogP contribution in [0.25, 0.3) is 11.2 Å². The molecule has 2 radical (unpaired) electrons. The van der Waals surface area contributed by atoms with Crippen LogP contribution in [0.5, 0.6) is 0 Å². The first-order valence-electron chi connectivity index (χ1n) is 13.3. The van der Waals surface area contributed by atoms with Gasteiger partial charge in [-0.05, 0) is 6.07 Å². The zero-order chi connectivity index (χ0) is 35.2. The average molecular weight is 790 g/mol. The van der Waals surface area contributed by atoms with E-state index in [1.165, 1.54) is 29.1 Å². The molecule has 0 aliphatic carbocycles. The van der Waals surface area contributed by atoms with Gasteiger partial charge in [-0.3, -0.25) is 22.9 Å². The Hall–Kier alpha value is -0.860. The van der Waals surface area contributed by atoms with Crippen molar-refractivity contribution in [2.75, 3.05) is 18.9 Å². The van der Waals surface area contributed by atoms with Crippen LogP contribution in [0.3, 0.4) is 0 Å². The minimum atomic E-state index is -5.52. The fraction of sp³-hybridized carbons (Fsp3) is 0.476. The van der Waals surface area contributed by atoms with Crippen LogP contribution >= 0.6 is 23.5 Å². The number of anilines is 1. The number of carbonyl (C=O) groups is 1. The van der Waals surface area contributed by atoms with Gasteiger partial charge in [0.1, 0.15) is 47.9 Å². The van der Waals surface area contributed by atoms with Crippen LogP contribution in [-0.2, 0) is 41.1 Å². The summed E-state index contributed by atoms with van der Waals surface area (Å²) >= 11 is 0. The number of nitrogens with two attached hydrogens (primary N) is 2. The molecule has 0 aromatic carbocycles. The number of hydrogen-bond acceptors (Lipinski definition) is 17. The second kappa shape index (κ2) is 17.1. The Balaban J connectivity index is 0.00000338. The van der Waals surface area contributed by atoms with Crippen molar-refractivity contribution >= 4 is 105 Å². The van der Waals surface area contributed by atoms with Crippen molar-refractivity contribution in [1.82, 2.24) is 19.5 Å². The van der Waals surface area contributed by atoms with Crippen LogP contribution in [0.15, 0.2) is 37.2 Å². The molecule has 29 heteroatoms. The van der Waals surface area contributed by atoms with Crippen molar-refractivity contribution in [1.29, 1.82) is 0 Å². The molecule has 0 saturated carbocycles. The molecule has 50 heavy (non-hydrogen) atoms. The molecule has 2 saturated heterocycles. The Labute approximate surface area is 324 Å². The van der Waals surface area contributed by atoms with Crippen molar-refractivity contribution < 1.29 is 85.3 Å². The van der Waals surface area contributed by atoms with Crippen LogP contribution in [0.1, 0.15) is 22.8 Å². The zero-order valence-electron chi connectivity index (χ0n) is 25.9. The molecular weight excluding hydrogens is 761 g/mol. The number of imidazole rings is 1. The van der Waals surface area contributed by atoms with Crippen LogP contribution in [0.2, 0.25) is 0 Å². The van der Waals surface area contributed by atoms with E-state index >= 15 is 0 Å². The maximum atomic E-state index is 12.6. The van der Waals surface area contributed by atoms with Gasteiger partial charge in [0.05, 0.1) is 19.5 Å². The normalized spacial score (nSPS) is 29.1. The summed E-state index contributed by atoms with van der Waals surface area (Å²) < 4.78 is 68.4. The van der Waals surface area contributed by atoms with E-state index in [4.69, 9.17) is 30.0 Å². The van der Waals surface area contributed by atoms with Crippen molar-refractivity contribution in [3.8, 4) is 0 Å². The van der Waals surface area contributed by atoms with E-state index in [-0.39, 0.29) is 81.7 Å². The van der Waals surface area contributed by atoms with Gasteiger partial charge in [0, 0.05) is 65.2 Å². The van der Waals surface area contributed by atoms with Gasteiger partial charge in [0.2, 0.25) is 0 Å². The predicted molar refractivity (Wildman–Crippen MR) is 162 cm³/mol. The molecule has 0 bridgehead atoms. The number of ether oxygens (including phenoxy) is 2. The van der Waals surface area contributed by atoms with Gasteiger partial charge in [-0.25, -0.2) is 28.6 Å². The number of fused-ring (bicyclic) bond motifs is 1. The maximum absolute atomic E-state index is 12.6. The fourth-order valence-corrected chi connectivity index (χ4v) is 7.47. The number of aliphatic hydroxyl groups is 3. The van der Waals surface area contributed by atoms with Gasteiger partial charge in [-0.15, -0.1) is 0 Å². The van der Waals surface area contributed by atoms with E-state index in [9.17, 15) is 53.4 Å². The number of phosphoric acid groups is 3. The summed E-state index contributed by atoms with van der Waals surface area (Å²) in [5.41, 5.74) is 11.1. The summed E-state index contributed by atoms with van der Waals surface area (Å²) in [6.45, 7) is -2.03. The molecule has 11 N–H and O–H groups in total. The second-order valence-electron chi connectivity index (χ2n) is 10.3. The number of aliphatic hydroxyl groups excluding tert-OH is 3. The minimum Gasteiger partial charge on any atom is -0.387 e. The number of carbonyl (C=O) groups excluding carboxylic acids is 1. The molecule has 10 unspecified atom stereocenters. The summed E-state index contributed by atoms with van der Waals surface area (Å²) in [4.78, 5) is 62.2. The Morgan fingerprint density at radius 1 is 0.940 bits per heavy atom. The predicted octanol–water partition coefficient (Wildman–Crippen LogP) is -3.66. The number of pyridine rings is 1. The molecule has 2 fully saturated rings. The average Bonchev–Trinajstić information content (AvgIpc) is 3.64. The van der Waals surface area contributed by atoms with Gasteiger partial charge >= 0.3 is 23.5 Å². The van der Waals surface area contributed by atoms with Crippen LogP contribution in [0, 0.1) is 0 Å². The van der Waals surface area contributed by atoms with Gasteiger partial charge in [0.25, 0.3) is 12.1 Å². The Kier molecular flexibility index (Phi) is 14.9. The smallest absolute Gasteiger partial charge is 0.387 e. The number of nitrogens with zero attached hydrogens (tertiary/aromatic N) is 5. The largest absolute Gasteiger partial charge is 0.481 e. The van der Waals surface area contributed by atoms with Crippen molar-refractivity contribution in [3.63, 3.8) is 0 Å². The van der Waals surface area contributed by atoms with E-state index in [0.717, 1.165) is 17.2 Å². The minimum absolute atomic E-state index is 0. The number of nitrogen functional groups attached to an aromatic ring is 1. The molecule has 0 spiro atoms. The number of hydrogen-bond donors (Lipinski definition) is 9. The van der Waals surface area contributed by atoms with Gasteiger partial charge in [-0.2, -0.15) is 8.88 Å². The Bertz CT molecular complexity index is 1820. The summed E-state index contributed by atoms with van der Waals surface area (Å²) in [5, 5.41) is 31.5. The molecule has 24 nitrogen and oxygen atoms in total. The van der Waals surface area contributed by atoms with Crippen LogP contribution in [-0.4, -0.2) is 169 Å². The first kappa shape index (κ1) is 43.5. The number of primary amides is 1. The zero-order valence-corrected chi connectivity index (χ0v) is 32.6. The second-order valence-corrected chi connectivity index (χ2v) is 14.5. The maximum Gasteiger partial charge on any atom is 0.481 e. The molecule has 5 heterocycles. The van der Waals surface area contributed by atoms with Gasteiger partial charge in [0.15, 0.2) is 36.2 Å². The fourth-order valence-electron chi connectivity index (χ4n) is 4.83. The third-order valence-electron chi connectivity index (χ3n) is 6.98. The molecule has 5 rings (SSSR count). The molecular formula is C21H29N7Na2O17P3+. The van der Waals surface area contributed by atoms with E-state index in [2.05, 4.69) is 23.8 Å². The molecule has 2 aliphatic rings. The number of aromatic nitrogens is 5. The summed E-state index contributed by atoms with van der Waals surface area (Å²) in [5.74, 6) is -0.848. The first-order valence-corrected chi connectivity index (χ1v) is 17.9. The van der Waals surface area contributed by atoms with Crippen LogP contribution < -0.4 is 16.0 Å². The Morgan fingerprint density at radius 3 is 2.16 bits per heavy atom. The number of amides is 1. The quantitative estimate of drug-likeness (QED) is 0.0457. The van der Waals surface area contributed by atoms with Crippen LogP contribution in [0.4, 0.5) is 5.82 Å². The van der Waals surface area contributed by atoms with Gasteiger partial charge < -0.3 is 55.8 Å². The number of rotatable bonds is 13. The standard InChI is InChI=1S/C21H28N7O17P3.2Na/c22-17-12-19(25-7-24-17)28(8-26-12)21-16(44-46(33,34)35)14(30)11(43-21)6-41-48(38,39)45-47(36,37)40-5-10-13(29)15(31)20(42-10)27-3-1-2-9(4-27)18(23)32;;/h1-4,7-8,10-11,13-16,20-21,29-31H,5-6H2,(H7-,22,23,24,25,32,33,34,35,36,37,38,39);;/p+1. The summed E-state index contributed by atoms with van der Waals surface area (Å²) in [6.07, 6.45) is -8.39. The van der Waals surface area contributed by atoms with E-state index in [1.807, 2.05) is 0 Å². The van der Waals surface area contributed by atoms with E-state index < -0.39 is 91.7 Å². The van der Waals surface area contributed by atoms with E-state index in [1.54, 1.807) is 0 Å². The third-order valence-corrected chi connectivity index (χ3v) is 10.1. The monoisotopic (exact) mass is 790 g/mol. The molecule has 1 amide bonds. The summed E-state index contributed by atoms with van der Waals surface area (Å²) in [7, 11) is -16.3. The molecule has 266 valence electrons. The molecule has 10 atom stereocenters. The SMILES string of the molecule is NC(=O)c1ccc[n+](C2OC(COP(=O)(O)OP(=O)(O)OCC3OC(n4cnc5c(N)ncnc54)C(OP(=O)(O)O)C3O)C(O)C2O)c1.[Na].[Na].